The van der Waals surface area contributed by atoms with Gasteiger partial charge in [-0.1, -0.05) is 17.3 Å². The number of benzene rings is 1. The lowest BCUT2D eigenvalue weighted by Crippen LogP contribution is -2.32. The number of amidine groups is 1. The number of nitrogens with one attached hydrogen (secondary N) is 1. The maximum Gasteiger partial charge on any atom is 0.235 e. The van der Waals surface area contributed by atoms with Crippen LogP contribution in [0, 0.1) is 18.7 Å². The zero-order chi connectivity index (χ0) is 13.0. The first-order valence-corrected chi connectivity index (χ1v) is 5.00. The number of aryl methyl sites for hydroxylation is 1. The maximum atomic E-state index is 13.4. The Kier molecular flexibility index (Phi) is 4.03. The Hall–Kier alpha value is -2.11. The molecule has 5 nitrogen and oxygen atoms in total. The van der Waals surface area contributed by atoms with Crippen molar-refractivity contribution in [3.63, 3.8) is 0 Å². The van der Waals surface area contributed by atoms with E-state index in [-0.39, 0.29) is 11.5 Å². The molecule has 0 saturated heterocycles. The molecule has 1 aromatic rings. The van der Waals surface area contributed by atoms with Crippen molar-refractivity contribution in [2.45, 2.75) is 13.8 Å². The minimum Gasteiger partial charge on any atom is -0.409 e. The number of para-hydroxylation sites is 1. The summed E-state index contributed by atoms with van der Waals surface area (Å²) < 4.78 is 13.4. The SMILES string of the molecule is Cc1cccc(F)c1NC(=O)C(C)/C(N)=N/O. The van der Waals surface area contributed by atoms with Crippen LogP contribution in [0.15, 0.2) is 23.4 Å². The highest BCUT2D eigenvalue weighted by Crippen LogP contribution is 2.19. The molecule has 1 amide bonds. The van der Waals surface area contributed by atoms with Gasteiger partial charge in [0.2, 0.25) is 5.91 Å². The van der Waals surface area contributed by atoms with Gasteiger partial charge >= 0.3 is 0 Å². The second kappa shape index (κ2) is 5.29. The number of hydrogen-bond acceptors (Lipinski definition) is 3. The summed E-state index contributed by atoms with van der Waals surface area (Å²) in [6.45, 7) is 3.13. The third-order valence-electron chi connectivity index (χ3n) is 2.42. The molecule has 6 heteroatoms. The third kappa shape index (κ3) is 2.93. The summed E-state index contributed by atoms with van der Waals surface area (Å²) in [5, 5.41) is 13.6. The van der Waals surface area contributed by atoms with Crippen LogP contribution in [0.2, 0.25) is 0 Å². The van der Waals surface area contributed by atoms with Crippen LogP contribution in [0.5, 0.6) is 0 Å². The van der Waals surface area contributed by atoms with Crippen LogP contribution < -0.4 is 11.1 Å². The number of carbonyl (C=O) groups excluding carboxylic acids is 1. The van der Waals surface area contributed by atoms with Crippen molar-refractivity contribution in [3.8, 4) is 0 Å². The molecule has 0 aliphatic carbocycles. The molecule has 1 aromatic carbocycles. The number of nitrogens with zero attached hydrogens (tertiary/aromatic N) is 1. The molecule has 0 spiro atoms. The zero-order valence-electron chi connectivity index (χ0n) is 9.57. The first kappa shape index (κ1) is 13.0. The number of hydrogen-bond donors (Lipinski definition) is 3. The summed E-state index contributed by atoms with van der Waals surface area (Å²) >= 11 is 0. The second-order valence-electron chi connectivity index (χ2n) is 3.67. The molecule has 0 heterocycles. The highest BCUT2D eigenvalue weighted by atomic mass is 19.1. The first-order chi connectivity index (χ1) is 7.97. The van der Waals surface area contributed by atoms with Crippen molar-refractivity contribution in [1.82, 2.24) is 0 Å². The van der Waals surface area contributed by atoms with Crippen molar-refractivity contribution < 1.29 is 14.4 Å². The van der Waals surface area contributed by atoms with Crippen molar-refractivity contribution in [2.24, 2.45) is 16.8 Å². The summed E-state index contributed by atoms with van der Waals surface area (Å²) in [6, 6.07) is 4.47. The van der Waals surface area contributed by atoms with Gasteiger partial charge in [0, 0.05) is 0 Å². The molecule has 0 aliphatic rings. The van der Waals surface area contributed by atoms with Gasteiger partial charge in [0.1, 0.15) is 5.82 Å². The topological polar surface area (TPSA) is 87.7 Å². The lowest BCUT2D eigenvalue weighted by molar-refractivity contribution is -0.117. The van der Waals surface area contributed by atoms with Gasteiger partial charge in [0.15, 0.2) is 5.84 Å². The van der Waals surface area contributed by atoms with Gasteiger partial charge in [-0.2, -0.15) is 0 Å². The number of oxime groups is 1. The zero-order valence-corrected chi connectivity index (χ0v) is 9.57. The molecule has 4 N–H and O–H groups in total. The second-order valence-corrected chi connectivity index (χ2v) is 3.67. The van der Waals surface area contributed by atoms with E-state index in [0.29, 0.717) is 5.56 Å². The molecular formula is C11H14FN3O2. The standard InChI is InChI=1S/C11H14FN3O2/c1-6-4-3-5-8(12)9(6)14-11(16)7(2)10(13)15-17/h3-5,7,17H,1-2H3,(H2,13,15)(H,14,16). The monoisotopic (exact) mass is 239 g/mol. The summed E-state index contributed by atoms with van der Waals surface area (Å²) in [5.74, 6) is -2.12. The van der Waals surface area contributed by atoms with E-state index in [1.165, 1.54) is 13.0 Å². The fourth-order valence-corrected chi connectivity index (χ4v) is 1.24. The average molecular weight is 239 g/mol. The Bertz CT molecular complexity index is 440. The van der Waals surface area contributed by atoms with Gasteiger partial charge in [-0.05, 0) is 25.5 Å². The molecule has 0 fully saturated rings. The molecule has 1 rings (SSSR count). The fraction of sp³-hybridized carbons (Fsp3) is 0.273. The molecule has 1 atom stereocenters. The summed E-state index contributed by atoms with van der Waals surface area (Å²) in [5.41, 5.74) is 6.00. The van der Waals surface area contributed by atoms with Crippen LogP contribution in [-0.2, 0) is 4.79 Å². The van der Waals surface area contributed by atoms with Gasteiger partial charge in [-0.3, -0.25) is 4.79 Å². The Balaban J connectivity index is 2.89. The minimum atomic E-state index is -0.834. The third-order valence-corrected chi connectivity index (χ3v) is 2.42. The first-order valence-electron chi connectivity index (χ1n) is 5.00. The van der Waals surface area contributed by atoms with E-state index in [4.69, 9.17) is 10.9 Å². The van der Waals surface area contributed by atoms with Crippen LogP contribution in [0.1, 0.15) is 12.5 Å². The Labute approximate surface area is 98.1 Å². The van der Waals surface area contributed by atoms with E-state index in [1.807, 2.05) is 0 Å². The van der Waals surface area contributed by atoms with Crippen LogP contribution in [0.4, 0.5) is 10.1 Å². The van der Waals surface area contributed by atoms with Crippen LogP contribution in [-0.4, -0.2) is 17.0 Å². The fourth-order valence-electron chi connectivity index (χ4n) is 1.24. The van der Waals surface area contributed by atoms with Crippen molar-refractivity contribution in [1.29, 1.82) is 0 Å². The van der Waals surface area contributed by atoms with E-state index in [1.54, 1.807) is 19.1 Å². The van der Waals surface area contributed by atoms with Gasteiger partial charge in [0.05, 0.1) is 11.6 Å². The van der Waals surface area contributed by atoms with E-state index in [0.717, 1.165) is 0 Å². The molecule has 0 bridgehead atoms. The van der Waals surface area contributed by atoms with Crippen LogP contribution >= 0.6 is 0 Å². The molecular weight excluding hydrogens is 225 g/mol. The average Bonchev–Trinajstić information content (AvgIpc) is 2.31. The normalized spacial score (nSPS) is 13.2. The highest BCUT2D eigenvalue weighted by Gasteiger charge is 2.19. The number of amides is 1. The van der Waals surface area contributed by atoms with Crippen molar-refractivity contribution in [3.05, 3.63) is 29.6 Å². The molecule has 0 aromatic heterocycles. The predicted octanol–water partition coefficient (Wildman–Crippen LogP) is 1.46. The van der Waals surface area contributed by atoms with E-state index >= 15 is 0 Å². The minimum absolute atomic E-state index is 0.107. The lowest BCUT2D eigenvalue weighted by atomic mass is 10.1. The Morgan fingerprint density at radius 3 is 2.76 bits per heavy atom. The van der Waals surface area contributed by atoms with Crippen LogP contribution in [0.3, 0.4) is 0 Å². The number of carbonyl (C=O) groups is 1. The van der Waals surface area contributed by atoms with E-state index in [2.05, 4.69) is 10.5 Å². The van der Waals surface area contributed by atoms with Gasteiger partial charge in [-0.15, -0.1) is 0 Å². The smallest absolute Gasteiger partial charge is 0.235 e. The Morgan fingerprint density at radius 2 is 2.24 bits per heavy atom. The van der Waals surface area contributed by atoms with E-state index in [9.17, 15) is 9.18 Å². The maximum absolute atomic E-state index is 13.4. The molecule has 17 heavy (non-hydrogen) atoms. The summed E-state index contributed by atoms with van der Waals surface area (Å²) in [6.07, 6.45) is 0. The van der Waals surface area contributed by atoms with E-state index < -0.39 is 17.6 Å². The molecule has 0 aliphatic heterocycles. The van der Waals surface area contributed by atoms with Crippen molar-refractivity contribution >= 4 is 17.4 Å². The van der Waals surface area contributed by atoms with Crippen molar-refractivity contribution in [2.75, 3.05) is 5.32 Å². The number of nitrogens with two attached hydrogens (primary N) is 1. The number of halogens is 1. The van der Waals surface area contributed by atoms with Gasteiger partial charge < -0.3 is 16.3 Å². The van der Waals surface area contributed by atoms with Gasteiger partial charge in [0.25, 0.3) is 0 Å². The molecule has 0 radical (unpaired) electrons. The van der Waals surface area contributed by atoms with Crippen LogP contribution in [0.25, 0.3) is 0 Å². The Morgan fingerprint density at radius 1 is 1.59 bits per heavy atom. The quantitative estimate of drug-likeness (QED) is 0.323. The van der Waals surface area contributed by atoms with Gasteiger partial charge in [-0.25, -0.2) is 4.39 Å². The predicted molar refractivity (Wildman–Crippen MR) is 62.3 cm³/mol. The molecule has 92 valence electrons. The molecule has 0 saturated carbocycles. The lowest BCUT2D eigenvalue weighted by Gasteiger charge is -2.13. The number of rotatable bonds is 3. The summed E-state index contributed by atoms with van der Waals surface area (Å²) in [4.78, 5) is 11.7. The summed E-state index contributed by atoms with van der Waals surface area (Å²) in [7, 11) is 0. The largest absolute Gasteiger partial charge is 0.409 e. The molecule has 1 unspecified atom stereocenters. The number of anilines is 1. The highest BCUT2D eigenvalue weighted by molar-refractivity contribution is 6.07.